The highest BCUT2D eigenvalue weighted by Crippen LogP contribution is 2.12. The summed E-state index contributed by atoms with van der Waals surface area (Å²) in [6, 6.07) is 6.87. The van der Waals surface area contributed by atoms with Crippen LogP contribution in [0.1, 0.15) is 20.3 Å². The summed E-state index contributed by atoms with van der Waals surface area (Å²) in [7, 11) is 0. The first kappa shape index (κ1) is 15.3. The first-order valence-electron chi connectivity index (χ1n) is 7.01. The minimum Gasteiger partial charge on any atom is -0.408 e. The molecule has 1 atom stereocenters. The van der Waals surface area contributed by atoms with E-state index in [2.05, 4.69) is 5.32 Å². The van der Waals surface area contributed by atoms with Crippen molar-refractivity contribution in [1.29, 1.82) is 0 Å². The number of nitrogens with zero attached hydrogens (tertiary/aromatic N) is 1. The minimum atomic E-state index is -0.547. The second-order valence-corrected chi connectivity index (χ2v) is 5.35. The van der Waals surface area contributed by atoms with Crippen LogP contribution < -0.4 is 11.1 Å². The Balaban J connectivity index is 2.14. The lowest BCUT2D eigenvalue weighted by atomic mass is 10.0. The van der Waals surface area contributed by atoms with Crippen molar-refractivity contribution < 1.29 is 14.3 Å². The largest absolute Gasteiger partial charge is 0.420 e. The number of aromatic nitrogens is 1. The van der Waals surface area contributed by atoms with E-state index < -0.39 is 5.76 Å². The van der Waals surface area contributed by atoms with Gasteiger partial charge < -0.3 is 14.8 Å². The standard InChI is InChI=1S/C15H20N2O4/c1-10(2)11(7-8-18)16-14(19)9-17-12-5-3-4-6-13(12)21-15(17)20/h3-6,10-11,18H,7-9H2,1-2H3,(H,16,19). The van der Waals surface area contributed by atoms with Crippen molar-refractivity contribution in [2.45, 2.75) is 32.9 Å². The number of rotatable bonds is 6. The van der Waals surface area contributed by atoms with Gasteiger partial charge in [0.15, 0.2) is 5.58 Å². The van der Waals surface area contributed by atoms with Gasteiger partial charge in [-0.25, -0.2) is 4.79 Å². The third-order valence-corrected chi connectivity index (χ3v) is 3.47. The Morgan fingerprint density at radius 1 is 1.38 bits per heavy atom. The molecule has 6 heteroatoms. The molecule has 6 nitrogen and oxygen atoms in total. The number of carbonyl (C=O) groups excluding carboxylic acids is 1. The van der Waals surface area contributed by atoms with Gasteiger partial charge in [-0.15, -0.1) is 0 Å². The summed E-state index contributed by atoms with van der Waals surface area (Å²) < 4.78 is 6.39. The summed E-state index contributed by atoms with van der Waals surface area (Å²) in [6.07, 6.45) is 0.491. The highest BCUT2D eigenvalue weighted by molar-refractivity contribution is 5.79. The molecule has 0 bridgehead atoms. The van der Waals surface area contributed by atoms with Crippen molar-refractivity contribution in [3.63, 3.8) is 0 Å². The van der Waals surface area contributed by atoms with Crippen molar-refractivity contribution in [3.8, 4) is 0 Å². The quantitative estimate of drug-likeness (QED) is 0.835. The average molecular weight is 292 g/mol. The number of nitrogens with one attached hydrogen (secondary N) is 1. The average Bonchev–Trinajstić information content (AvgIpc) is 2.75. The molecule has 2 rings (SSSR count). The molecule has 0 aliphatic rings. The monoisotopic (exact) mass is 292 g/mol. The number of amides is 1. The zero-order valence-electron chi connectivity index (χ0n) is 12.2. The van der Waals surface area contributed by atoms with Gasteiger partial charge in [-0.05, 0) is 24.5 Å². The molecule has 2 aromatic rings. The first-order valence-corrected chi connectivity index (χ1v) is 7.01. The normalized spacial score (nSPS) is 12.8. The van der Waals surface area contributed by atoms with Crippen LogP contribution in [-0.4, -0.2) is 28.2 Å². The molecule has 1 aromatic carbocycles. The van der Waals surface area contributed by atoms with E-state index in [-0.39, 0.29) is 31.0 Å². The number of aliphatic hydroxyl groups excluding tert-OH is 1. The molecule has 1 heterocycles. The number of fused-ring (bicyclic) bond motifs is 1. The third-order valence-electron chi connectivity index (χ3n) is 3.47. The fourth-order valence-electron chi connectivity index (χ4n) is 2.27. The van der Waals surface area contributed by atoms with E-state index >= 15 is 0 Å². The summed E-state index contributed by atoms with van der Waals surface area (Å²) in [5.41, 5.74) is 1.06. The van der Waals surface area contributed by atoms with Crippen LogP contribution in [-0.2, 0) is 11.3 Å². The minimum absolute atomic E-state index is 0.0116. The Morgan fingerprint density at radius 3 is 2.76 bits per heavy atom. The van der Waals surface area contributed by atoms with E-state index in [1.807, 2.05) is 13.8 Å². The molecular formula is C15H20N2O4. The molecular weight excluding hydrogens is 272 g/mol. The van der Waals surface area contributed by atoms with E-state index in [1.54, 1.807) is 24.3 Å². The Labute approximate surface area is 122 Å². The highest BCUT2D eigenvalue weighted by atomic mass is 16.4. The lowest BCUT2D eigenvalue weighted by Gasteiger charge is -2.21. The number of aliphatic hydroxyl groups is 1. The molecule has 2 N–H and O–H groups in total. The van der Waals surface area contributed by atoms with Crippen LogP contribution >= 0.6 is 0 Å². The van der Waals surface area contributed by atoms with E-state index in [1.165, 1.54) is 4.57 Å². The molecule has 0 spiro atoms. The molecule has 0 radical (unpaired) electrons. The van der Waals surface area contributed by atoms with Crippen molar-refractivity contribution in [2.75, 3.05) is 6.61 Å². The van der Waals surface area contributed by atoms with Crippen molar-refractivity contribution >= 4 is 17.0 Å². The number of carbonyl (C=O) groups is 1. The Morgan fingerprint density at radius 2 is 2.10 bits per heavy atom. The molecule has 0 saturated heterocycles. The number of para-hydroxylation sites is 2. The zero-order valence-corrected chi connectivity index (χ0v) is 12.2. The number of hydrogen-bond donors (Lipinski definition) is 2. The third kappa shape index (κ3) is 3.52. The van der Waals surface area contributed by atoms with Crippen molar-refractivity contribution in [3.05, 3.63) is 34.8 Å². The van der Waals surface area contributed by atoms with Gasteiger partial charge in [-0.1, -0.05) is 26.0 Å². The van der Waals surface area contributed by atoms with Gasteiger partial charge in [-0.3, -0.25) is 9.36 Å². The molecule has 0 aliphatic carbocycles. The molecule has 114 valence electrons. The molecule has 1 unspecified atom stereocenters. The number of oxazole rings is 1. The topological polar surface area (TPSA) is 84.5 Å². The smallest absolute Gasteiger partial charge is 0.408 e. The predicted octanol–water partition coefficient (Wildman–Crippen LogP) is 1.12. The summed E-state index contributed by atoms with van der Waals surface area (Å²) in [5, 5.41) is 11.9. The van der Waals surface area contributed by atoms with Crippen LogP contribution in [0.3, 0.4) is 0 Å². The summed E-state index contributed by atoms with van der Waals surface area (Å²) in [4.78, 5) is 23.9. The van der Waals surface area contributed by atoms with E-state index in [0.29, 0.717) is 17.5 Å². The van der Waals surface area contributed by atoms with Crippen LogP contribution in [0.25, 0.3) is 11.1 Å². The maximum atomic E-state index is 12.1. The molecule has 0 saturated carbocycles. The van der Waals surface area contributed by atoms with Crippen LogP contribution in [0, 0.1) is 5.92 Å². The fraction of sp³-hybridized carbons (Fsp3) is 0.467. The van der Waals surface area contributed by atoms with Gasteiger partial charge in [0.25, 0.3) is 0 Å². The Bertz CT molecular complexity index is 672. The highest BCUT2D eigenvalue weighted by Gasteiger charge is 2.18. The number of hydrogen-bond acceptors (Lipinski definition) is 4. The van der Waals surface area contributed by atoms with Crippen LogP contribution in [0.5, 0.6) is 0 Å². The second kappa shape index (κ2) is 6.58. The van der Waals surface area contributed by atoms with E-state index in [4.69, 9.17) is 9.52 Å². The Kier molecular flexibility index (Phi) is 4.80. The van der Waals surface area contributed by atoms with Crippen LogP contribution in [0.15, 0.2) is 33.5 Å². The second-order valence-electron chi connectivity index (χ2n) is 5.35. The van der Waals surface area contributed by atoms with Crippen LogP contribution in [0.2, 0.25) is 0 Å². The van der Waals surface area contributed by atoms with Crippen LogP contribution in [0.4, 0.5) is 0 Å². The molecule has 0 fully saturated rings. The van der Waals surface area contributed by atoms with Gasteiger partial charge in [0, 0.05) is 12.6 Å². The zero-order chi connectivity index (χ0) is 15.4. The van der Waals surface area contributed by atoms with Crippen molar-refractivity contribution in [2.24, 2.45) is 5.92 Å². The van der Waals surface area contributed by atoms with Crippen molar-refractivity contribution in [1.82, 2.24) is 9.88 Å². The van der Waals surface area contributed by atoms with E-state index in [9.17, 15) is 9.59 Å². The summed E-state index contributed by atoms with van der Waals surface area (Å²) >= 11 is 0. The molecule has 0 aliphatic heterocycles. The van der Waals surface area contributed by atoms with Gasteiger partial charge in [-0.2, -0.15) is 0 Å². The summed E-state index contributed by atoms with van der Waals surface area (Å²) in [5.74, 6) is -0.607. The van der Waals surface area contributed by atoms with Gasteiger partial charge in [0.2, 0.25) is 5.91 Å². The molecule has 1 amide bonds. The predicted molar refractivity (Wildman–Crippen MR) is 78.9 cm³/mol. The fourth-order valence-corrected chi connectivity index (χ4v) is 2.27. The maximum Gasteiger partial charge on any atom is 0.420 e. The van der Waals surface area contributed by atoms with E-state index in [0.717, 1.165) is 0 Å². The molecule has 21 heavy (non-hydrogen) atoms. The lowest BCUT2D eigenvalue weighted by molar-refractivity contribution is -0.122. The SMILES string of the molecule is CC(C)C(CCO)NC(=O)Cn1c(=O)oc2ccccc21. The lowest BCUT2D eigenvalue weighted by Crippen LogP contribution is -2.41. The Hall–Kier alpha value is -2.08. The summed E-state index contributed by atoms with van der Waals surface area (Å²) in [6.45, 7) is 3.86. The molecule has 1 aromatic heterocycles. The van der Waals surface area contributed by atoms with Gasteiger partial charge >= 0.3 is 5.76 Å². The van der Waals surface area contributed by atoms with Gasteiger partial charge in [0.05, 0.1) is 5.52 Å². The van der Waals surface area contributed by atoms with Gasteiger partial charge in [0.1, 0.15) is 6.54 Å². The first-order chi connectivity index (χ1) is 10.0. The number of benzene rings is 1. The maximum absolute atomic E-state index is 12.1.